The number of aromatic nitrogens is 1. The number of nitro benzene ring substituents is 1. The Labute approximate surface area is 112 Å². The van der Waals surface area contributed by atoms with Crippen LogP contribution in [0.3, 0.4) is 0 Å². The number of anilines is 1. The molecule has 8 heteroatoms. The first-order valence-electron chi connectivity index (χ1n) is 5.27. The molecule has 0 aliphatic rings. The van der Waals surface area contributed by atoms with Crippen molar-refractivity contribution in [2.45, 2.75) is 6.54 Å². The van der Waals surface area contributed by atoms with Gasteiger partial charge in [0.15, 0.2) is 0 Å². The summed E-state index contributed by atoms with van der Waals surface area (Å²) in [6.07, 6.45) is 0. The Hall–Kier alpha value is -2.48. The lowest BCUT2D eigenvalue weighted by atomic mass is 10.1. The van der Waals surface area contributed by atoms with Crippen molar-refractivity contribution in [3.8, 4) is 0 Å². The van der Waals surface area contributed by atoms with Gasteiger partial charge in [-0.2, -0.15) is 0 Å². The third-order valence-corrected chi connectivity index (χ3v) is 3.07. The number of nitrogens with two attached hydrogens (primary N) is 1. The summed E-state index contributed by atoms with van der Waals surface area (Å²) in [5.41, 5.74) is 7.67. The quantitative estimate of drug-likeness (QED) is 0.501. The Kier molecular flexibility index (Phi) is 3.71. The number of thiazole rings is 1. The maximum absolute atomic E-state index is 11.9. The molecule has 0 aliphatic carbocycles. The number of para-hydroxylation sites is 1. The van der Waals surface area contributed by atoms with E-state index in [0.29, 0.717) is 0 Å². The molecule has 1 heterocycles. The lowest BCUT2D eigenvalue weighted by Gasteiger charge is -2.06. The van der Waals surface area contributed by atoms with Crippen molar-refractivity contribution in [1.29, 1.82) is 0 Å². The van der Waals surface area contributed by atoms with E-state index in [1.165, 1.54) is 29.5 Å². The largest absolute Gasteiger partial charge is 0.393 e. The molecule has 0 saturated heterocycles. The van der Waals surface area contributed by atoms with Crippen LogP contribution in [0.2, 0.25) is 0 Å². The van der Waals surface area contributed by atoms with Crippen LogP contribution in [0, 0.1) is 10.1 Å². The zero-order chi connectivity index (χ0) is 13.8. The molecule has 7 nitrogen and oxygen atoms in total. The second-order valence-electron chi connectivity index (χ2n) is 3.66. The fourth-order valence-electron chi connectivity index (χ4n) is 1.50. The third-order valence-electron chi connectivity index (χ3n) is 2.44. The van der Waals surface area contributed by atoms with Crippen LogP contribution >= 0.6 is 11.3 Å². The number of nitrogens with one attached hydrogen (secondary N) is 1. The second kappa shape index (κ2) is 5.44. The zero-order valence-corrected chi connectivity index (χ0v) is 10.5. The SMILES string of the molecule is Nc1c(C(=O)NCc2cscn2)cccc1[N+](=O)[O-]. The molecule has 19 heavy (non-hydrogen) atoms. The molecule has 0 unspecified atom stereocenters. The molecule has 3 N–H and O–H groups in total. The van der Waals surface area contributed by atoms with Gasteiger partial charge in [-0.15, -0.1) is 11.3 Å². The average molecular weight is 278 g/mol. The highest BCUT2D eigenvalue weighted by atomic mass is 32.1. The Bertz CT molecular complexity index is 612. The minimum absolute atomic E-state index is 0.0874. The maximum Gasteiger partial charge on any atom is 0.292 e. The fourth-order valence-corrected chi connectivity index (χ4v) is 2.06. The first-order valence-corrected chi connectivity index (χ1v) is 6.22. The van der Waals surface area contributed by atoms with Gasteiger partial charge < -0.3 is 11.1 Å². The van der Waals surface area contributed by atoms with Crippen molar-refractivity contribution < 1.29 is 9.72 Å². The predicted molar refractivity (Wildman–Crippen MR) is 70.8 cm³/mol. The van der Waals surface area contributed by atoms with Crippen molar-refractivity contribution in [2.24, 2.45) is 0 Å². The van der Waals surface area contributed by atoms with Gasteiger partial charge in [0, 0.05) is 11.4 Å². The second-order valence-corrected chi connectivity index (χ2v) is 4.38. The monoisotopic (exact) mass is 278 g/mol. The highest BCUT2D eigenvalue weighted by Gasteiger charge is 2.18. The smallest absolute Gasteiger partial charge is 0.292 e. The van der Waals surface area contributed by atoms with E-state index in [9.17, 15) is 14.9 Å². The molecular formula is C11H10N4O3S. The van der Waals surface area contributed by atoms with Gasteiger partial charge in [0.25, 0.3) is 11.6 Å². The molecule has 0 atom stereocenters. The van der Waals surface area contributed by atoms with Crippen molar-refractivity contribution in [3.63, 3.8) is 0 Å². The van der Waals surface area contributed by atoms with E-state index >= 15 is 0 Å². The van der Waals surface area contributed by atoms with Gasteiger partial charge in [-0.3, -0.25) is 14.9 Å². The van der Waals surface area contributed by atoms with E-state index in [2.05, 4.69) is 10.3 Å². The number of carbonyl (C=O) groups excluding carboxylic acids is 1. The molecule has 1 amide bonds. The number of hydrogen-bond acceptors (Lipinski definition) is 6. The van der Waals surface area contributed by atoms with E-state index in [1.807, 2.05) is 0 Å². The topological polar surface area (TPSA) is 111 Å². The molecular weight excluding hydrogens is 268 g/mol. The van der Waals surface area contributed by atoms with Crippen LogP contribution in [0.4, 0.5) is 11.4 Å². The van der Waals surface area contributed by atoms with Crippen LogP contribution in [0.1, 0.15) is 16.1 Å². The van der Waals surface area contributed by atoms with Crippen LogP contribution < -0.4 is 11.1 Å². The molecule has 0 spiro atoms. The fraction of sp³-hybridized carbons (Fsp3) is 0.0909. The van der Waals surface area contributed by atoms with Gasteiger partial charge in [-0.25, -0.2) is 4.98 Å². The molecule has 98 valence electrons. The summed E-state index contributed by atoms with van der Waals surface area (Å²) >= 11 is 1.42. The molecule has 0 saturated carbocycles. The third kappa shape index (κ3) is 2.86. The van der Waals surface area contributed by atoms with Crippen molar-refractivity contribution >= 4 is 28.6 Å². The average Bonchev–Trinajstić information content (AvgIpc) is 2.89. The number of carbonyl (C=O) groups is 1. The van der Waals surface area contributed by atoms with Crippen molar-refractivity contribution in [2.75, 3.05) is 5.73 Å². The summed E-state index contributed by atoms with van der Waals surface area (Å²) in [6.45, 7) is 0.254. The Morgan fingerprint density at radius 2 is 2.32 bits per heavy atom. The van der Waals surface area contributed by atoms with Crippen LogP contribution in [0.5, 0.6) is 0 Å². The molecule has 1 aromatic carbocycles. The number of nitro groups is 1. The lowest BCUT2D eigenvalue weighted by Crippen LogP contribution is -2.24. The Morgan fingerprint density at radius 3 is 2.95 bits per heavy atom. The minimum Gasteiger partial charge on any atom is -0.393 e. The van der Waals surface area contributed by atoms with E-state index in [0.717, 1.165) is 5.69 Å². The number of nitrogen functional groups attached to an aromatic ring is 1. The summed E-state index contributed by atoms with van der Waals surface area (Å²) in [4.78, 5) is 26.0. The molecule has 0 aliphatic heterocycles. The first kappa shape index (κ1) is 13.0. The summed E-state index contributed by atoms with van der Waals surface area (Å²) < 4.78 is 0. The zero-order valence-electron chi connectivity index (χ0n) is 9.70. The van der Waals surface area contributed by atoms with Crippen molar-refractivity contribution in [3.05, 3.63) is 50.5 Å². The molecule has 0 fully saturated rings. The standard InChI is InChI=1S/C11H10N4O3S/c12-10-8(2-1-3-9(10)15(17)18)11(16)13-4-7-5-19-6-14-7/h1-3,5-6H,4,12H2,(H,13,16). The first-order chi connectivity index (χ1) is 9.09. The van der Waals surface area contributed by atoms with Gasteiger partial charge in [0.1, 0.15) is 5.69 Å². The van der Waals surface area contributed by atoms with Crippen LogP contribution in [0.25, 0.3) is 0 Å². The Balaban J connectivity index is 2.15. The van der Waals surface area contributed by atoms with E-state index < -0.39 is 10.8 Å². The van der Waals surface area contributed by atoms with E-state index in [-0.39, 0.29) is 23.5 Å². The summed E-state index contributed by atoms with van der Waals surface area (Å²) in [7, 11) is 0. The van der Waals surface area contributed by atoms with E-state index in [1.54, 1.807) is 10.9 Å². The highest BCUT2D eigenvalue weighted by molar-refractivity contribution is 7.07. The van der Waals surface area contributed by atoms with E-state index in [4.69, 9.17) is 5.73 Å². The van der Waals surface area contributed by atoms with Crippen LogP contribution in [-0.4, -0.2) is 15.8 Å². The maximum atomic E-state index is 11.9. The molecule has 0 radical (unpaired) electrons. The summed E-state index contributed by atoms with van der Waals surface area (Å²) in [5, 5.41) is 15.1. The molecule has 2 aromatic rings. The van der Waals surface area contributed by atoms with Crippen molar-refractivity contribution in [1.82, 2.24) is 10.3 Å². The van der Waals surface area contributed by atoms with Crippen LogP contribution in [-0.2, 0) is 6.54 Å². The summed E-state index contributed by atoms with van der Waals surface area (Å²) in [6, 6.07) is 4.12. The number of rotatable bonds is 4. The predicted octanol–water partition coefficient (Wildman–Crippen LogP) is 1.56. The number of benzene rings is 1. The highest BCUT2D eigenvalue weighted by Crippen LogP contribution is 2.24. The van der Waals surface area contributed by atoms with Gasteiger partial charge in [0.2, 0.25) is 0 Å². The van der Waals surface area contributed by atoms with Crippen LogP contribution in [0.15, 0.2) is 29.1 Å². The van der Waals surface area contributed by atoms with Gasteiger partial charge >= 0.3 is 0 Å². The molecule has 2 rings (SSSR count). The molecule has 1 aromatic heterocycles. The lowest BCUT2D eigenvalue weighted by molar-refractivity contribution is -0.383. The number of nitrogens with zero attached hydrogens (tertiary/aromatic N) is 2. The Morgan fingerprint density at radius 1 is 1.53 bits per heavy atom. The number of amides is 1. The summed E-state index contributed by atoms with van der Waals surface area (Å²) in [5.74, 6) is -0.464. The van der Waals surface area contributed by atoms with Gasteiger partial charge in [-0.05, 0) is 6.07 Å². The van der Waals surface area contributed by atoms with Gasteiger partial charge in [-0.1, -0.05) is 6.07 Å². The minimum atomic E-state index is -0.619. The normalized spacial score (nSPS) is 10.1. The number of hydrogen-bond donors (Lipinski definition) is 2. The van der Waals surface area contributed by atoms with Gasteiger partial charge in [0.05, 0.1) is 28.2 Å². The molecule has 0 bridgehead atoms.